The summed E-state index contributed by atoms with van der Waals surface area (Å²) >= 11 is 6.81. The number of pyridine rings is 1. The molecular formula is C31H41ClFN7O. The molecular weight excluding hydrogens is 541 g/mol. The first-order valence-electron chi connectivity index (χ1n) is 15.3. The largest absolute Gasteiger partial charge is 0.370 e. The minimum Gasteiger partial charge on any atom is -0.370 e. The Hall–Kier alpha value is -2.75. The summed E-state index contributed by atoms with van der Waals surface area (Å²) in [4.78, 5) is 24.5. The molecule has 2 saturated heterocycles. The van der Waals surface area contributed by atoms with Crippen molar-refractivity contribution < 1.29 is 4.39 Å². The molecule has 4 heterocycles. The molecule has 0 radical (unpaired) electrons. The summed E-state index contributed by atoms with van der Waals surface area (Å²) in [6.45, 7) is 9.10. The first kappa shape index (κ1) is 28.4. The van der Waals surface area contributed by atoms with Gasteiger partial charge in [0.15, 0.2) is 5.82 Å². The van der Waals surface area contributed by atoms with Crippen LogP contribution in [-0.4, -0.2) is 53.3 Å². The number of aromatic nitrogens is 3. The molecule has 1 aromatic carbocycles. The van der Waals surface area contributed by atoms with Gasteiger partial charge in [0.05, 0.1) is 10.7 Å². The Morgan fingerprint density at radius 2 is 1.95 bits per heavy atom. The molecule has 1 aliphatic carbocycles. The average Bonchev–Trinajstić information content (AvgIpc) is 3.52. The molecule has 10 heteroatoms. The minimum absolute atomic E-state index is 0.0380. The van der Waals surface area contributed by atoms with Gasteiger partial charge < -0.3 is 20.9 Å². The lowest BCUT2D eigenvalue weighted by molar-refractivity contribution is 0.191. The molecule has 8 nitrogen and oxygen atoms in total. The van der Waals surface area contributed by atoms with E-state index in [0.717, 1.165) is 75.7 Å². The summed E-state index contributed by atoms with van der Waals surface area (Å²) in [5, 5.41) is 11.8. The van der Waals surface area contributed by atoms with Crippen LogP contribution in [0.1, 0.15) is 63.5 Å². The topological polar surface area (TPSA) is 87.1 Å². The van der Waals surface area contributed by atoms with E-state index in [1.54, 1.807) is 17.7 Å². The van der Waals surface area contributed by atoms with E-state index < -0.39 is 11.4 Å². The van der Waals surface area contributed by atoms with Crippen molar-refractivity contribution >= 4 is 40.0 Å². The first-order valence-corrected chi connectivity index (χ1v) is 15.6. The number of nitrogens with zero attached hydrogens (tertiary/aromatic N) is 4. The van der Waals surface area contributed by atoms with Crippen molar-refractivity contribution in [3.63, 3.8) is 0 Å². The van der Waals surface area contributed by atoms with Crippen LogP contribution in [0.2, 0.25) is 5.02 Å². The highest BCUT2D eigenvalue weighted by Crippen LogP contribution is 2.36. The number of benzene rings is 1. The lowest BCUT2D eigenvalue weighted by Gasteiger charge is -2.41. The van der Waals surface area contributed by atoms with E-state index in [1.165, 1.54) is 19.3 Å². The molecule has 6 rings (SSSR count). The number of piperazine rings is 1. The van der Waals surface area contributed by atoms with Gasteiger partial charge in [0.1, 0.15) is 5.65 Å². The van der Waals surface area contributed by atoms with Gasteiger partial charge in [0.25, 0.3) is 5.56 Å². The number of nitrogens with one attached hydrogen (secondary N) is 3. The van der Waals surface area contributed by atoms with Gasteiger partial charge in [-0.25, -0.2) is 9.37 Å². The van der Waals surface area contributed by atoms with Gasteiger partial charge in [0, 0.05) is 67.6 Å². The van der Waals surface area contributed by atoms with E-state index in [4.69, 9.17) is 16.6 Å². The van der Waals surface area contributed by atoms with Crippen LogP contribution in [0.15, 0.2) is 29.2 Å². The summed E-state index contributed by atoms with van der Waals surface area (Å²) < 4.78 is 16.3. The first-order chi connectivity index (χ1) is 19.9. The third-order valence-corrected chi connectivity index (χ3v) is 9.88. The van der Waals surface area contributed by atoms with Gasteiger partial charge >= 0.3 is 0 Å². The summed E-state index contributed by atoms with van der Waals surface area (Å²) in [5.74, 6) is 1.06. The van der Waals surface area contributed by atoms with Gasteiger partial charge in [-0.15, -0.1) is 0 Å². The Morgan fingerprint density at radius 3 is 2.63 bits per heavy atom. The monoisotopic (exact) mass is 581 g/mol. The molecule has 3 N–H and O–H groups in total. The molecule has 3 aliphatic rings. The second-order valence-corrected chi connectivity index (χ2v) is 12.3. The standard InChI is InChI=1S/C31H41ClFN7O/c1-3-23(26-18-34-12-13-35-26)20-10-14-39(15-11-20)27-9-8-21(16-25(27)32)37-31-36-17-24-19(2)28(33)30(41)40(29(24)38-31)22-6-4-5-7-22/h8-9,16-17,20,22-23,26,34-35H,3-7,10-15,18H2,1-2H3,(H,36,37,38). The van der Waals surface area contributed by atoms with Crippen molar-refractivity contribution in [1.29, 1.82) is 0 Å². The van der Waals surface area contributed by atoms with Crippen molar-refractivity contribution in [3.05, 3.63) is 51.2 Å². The summed E-state index contributed by atoms with van der Waals surface area (Å²) in [7, 11) is 0. The highest BCUT2D eigenvalue weighted by Gasteiger charge is 2.32. The van der Waals surface area contributed by atoms with E-state index in [0.29, 0.717) is 39.5 Å². The smallest absolute Gasteiger partial charge is 0.288 e. The third kappa shape index (κ3) is 5.68. The van der Waals surface area contributed by atoms with Crippen molar-refractivity contribution in [2.45, 2.75) is 70.9 Å². The Morgan fingerprint density at radius 1 is 1.17 bits per heavy atom. The minimum atomic E-state index is -0.715. The normalized spacial score (nSPS) is 21.5. The molecule has 2 aliphatic heterocycles. The molecule has 3 fully saturated rings. The fourth-order valence-electron chi connectivity index (χ4n) is 7.33. The maximum absolute atomic E-state index is 14.8. The van der Waals surface area contributed by atoms with Crippen molar-refractivity contribution in [3.8, 4) is 0 Å². The molecule has 220 valence electrons. The maximum Gasteiger partial charge on any atom is 0.288 e. The SMILES string of the molecule is CCC(C1CCN(c2ccc(Nc3ncc4c(C)c(F)c(=O)n(C5CCCC5)c4n3)cc2Cl)CC1)C1CNCCN1. The number of anilines is 3. The quantitative estimate of drug-likeness (QED) is 0.337. The van der Waals surface area contributed by atoms with Crippen LogP contribution in [-0.2, 0) is 0 Å². The van der Waals surface area contributed by atoms with Crippen LogP contribution in [0.25, 0.3) is 11.0 Å². The van der Waals surface area contributed by atoms with Gasteiger partial charge in [-0.2, -0.15) is 4.98 Å². The molecule has 1 saturated carbocycles. The van der Waals surface area contributed by atoms with Crippen LogP contribution >= 0.6 is 11.6 Å². The molecule has 0 amide bonds. The Balaban J connectivity index is 1.17. The Bertz CT molecular complexity index is 1440. The molecule has 0 spiro atoms. The molecule has 2 unspecified atom stereocenters. The highest BCUT2D eigenvalue weighted by atomic mass is 35.5. The predicted molar refractivity (Wildman–Crippen MR) is 164 cm³/mol. The zero-order chi connectivity index (χ0) is 28.5. The van der Waals surface area contributed by atoms with Crippen LogP contribution in [0.4, 0.5) is 21.7 Å². The van der Waals surface area contributed by atoms with Gasteiger partial charge in [-0.1, -0.05) is 37.8 Å². The summed E-state index contributed by atoms with van der Waals surface area (Å²) in [6, 6.07) is 6.48. The molecule has 41 heavy (non-hydrogen) atoms. The Kier molecular flexibility index (Phi) is 8.47. The van der Waals surface area contributed by atoms with Crippen LogP contribution in [0.3, 0.4) is 0 Å². The zero-order valence-electron chi connectivity index (χ0n) is 24.1. The number of fused-ring (bicyclic) bond motifs is 1. The summed E-state index contributed by atoms with van der Waals surface area (Å²) in [5.41, 5.74) is 1.98. The third-order valence-electron chi connectivity index (χ3n) is 9.58. The van der Waals surface area contributed by atoms with E-state index in [9.17, 15) is 9.18 Å². The highest BCUT2D eigenvalue weighted by molar-refractivity contribution is 6.33. The Labute approximate surface area is 246 Å². The van der Waals surface area contributed by atoms with E-state index in [1.807, 2.05) is 12.1 Å². The number of rotatable bonds is 7. The predicted octanol–water partition coefficient (Wildman–Crippen LogP) is 5.56. The lowest BCUT2D eigenvalue weighted by Crippen LogP contribution is -2.54. The fraction of sp³-hybridized carbons (Fsp3) is 0.581. The average molecular weight is 582 g/mol. The summed E-state index contributed by atoms with van der Waals surface area (Å²) in [6.07, 6.45) is 8.91. The van der Waals surface area contributed by atoms with E-state index in [-0.39, 0.29) is 6.04 Å². The number of piperidine rings is 1. The van der Waals surface area contributed by atoms with Crippen LogP contribution in [0, 0.1) is 24.6 Å². The molecule has 0 bridgehead atoms. The van der Waals surface area contributed by atoms with Crippen LogP contribution < -0.4 is 26.4 Å². The number of aryl methyl sites for hydroxylation is 1. The van der Waals surface area contributed by atoms with Crippen molar-refractivity contribution in [2.75, 3.05) is 42.9 Å². The van der Waals surface area contributed by atoms with Crippen LogP contribution in [0.5, 0.6) is 0 Å². The second kappa shape index (κ2) is 12.2. The fourth-order valence-corrected chi connectivity index (χ4v) is 7.63. The molecule has 2 atom stereocenters. The van der Waals surface area contributed by atoms with Crippen molar-refractivity contribution in [1.82, 2.24) is 25.2 Å². The van der Waals surface area contributed by atoms with E-state index >= 15 is 0 Å². The number of hydrogen-bond acceptors (Lipinski definition) is 7. The maximum atomic E-state index is 14.8. The van der Waals surface area contributed by atoms with Gasteiger partial charge in [-0.3, -0.25) is 9.36 Å². The molecule has 2 aromatic heterocycles. The van der Waals surface area contributed by atoms with E-state index in [2.05, 4.69) is 38.8 Å². The van der Waals surface area contributed by atoms with Gasteiger partial charge in [-0.05, 0) is 62.6 Å². The van der Waals surface area contributed by atoms with Crippen molar-refractivity contribution in [2.24, 2.45) is 11.8 Å². The number of hydrogen-bond donors (Lipinski definition) is 3. The lowest BCUT2D eigenvalue weighted by atomic mass is 9.78. The number of halogens is 2. The second-order valence-electron chi connectivity index (χ2n) is 11.9. The zero-order valence-corrected chi connectivity index (χ0v) is 24.8. The van der Waals surface area contributed by atoms with Gasteiger partial charge in [0.2, 0.25) is 5.95 Å². The molecule has 3 aromatic rings.